The number of carbonyl (C=O) groups excluding carboxylic acids is 1. The quantitative estimate of drug-likeness (QED) is 0.878. The van der Waals surface area contributed by atoms with E-state index in [1.165, 1.54) is 13.2 Å². The van der Waals surface area contributed by atoms with Gasteiger partial charge in [-0.1, -0.05) is 0 Å². The van der Waals surface area contributed by atoms with Crippen molar-refractivity contribution in [2.24, 2.45) is 0 Å². The standard InChI is InChI=1S/C14H18FNO4/c1-8(17)9-5-10-12(16-13(18)7-19-2)3-4-20-14(10)11(15)6-9/h5-6,8,12,17H,3-4,7H2,1-2H3,(H,16,18). The largest absolute Gasteiger partial charge is 0.490 e. The maximum Gasteiger partial charge on any atom is 0.246 e. The zero-order chi connectivity index (χ0) is 14.7. The first-order chi connectivity index (χ1) is 9.52. The molecule has 0 aliphatic carbocycles. The Labute approximate surface area is 116 Å². The Kier molecular flexibility index (Phi) is 4.57. The third-order valence-corrected chi connectivity index (χ3v) is 3.22. The van der Waals surface area contributed by atoms with Gasteiger partial charge < -0.3 is 19.9 Å². The van der Waals surface area contributed by atoms with E-state index in [1.54, 1.807) is 13.0 Å². The zero-order valence-electron chi connectivity index (χ0n) is 11.5. The van der Waals surface area contributed by atoms with Crippen LogP contribution in [0.3, 0.4) is 0 Å². The molecule has 0 radical (unpaired) electrons. The van der Waals surface area contributed by atoms with Crippen LogP contribution in [0.15, 0.2) is 12.1 Å². The molecule has 2 atom stereocenters. The molecule has 2 N–H and O–H groups in total. The van der Waals surface area contributed by atoms with E-state index in [4.69, 9.17) is 9.47 Å². The third kappa shape index (κ3) is 3.08. The van der Waals surface area contributed by atoms with Gasteiger partial charge in [-0.15, -0.1) is 0 Å². The number of carbonyl (C=O) groups is 1. The van der Waals surface area contributed by atoms with Crippen LogP contribution in [0.2, 0.25) is 0 Å². The highest BCUT2D eigenvalue weighted by Crippen LogP contribution is 2.36. The van der Waals surface area contributed by atoms with E-state index >= 15 is 0 Å². The third-order valence-electron chi connectivity index (χ3n) is 3.22. The van der Waals surface area contributed by atoms with Gasteiger partial charge in [0.2, 0.25) is 5.91 Å². The molecule has 1 aromatic rings. The monoisotopic (exact) mass is 283 g/mol. The second-order valence-corrected chi connectivity index (χ2v) is 4.79. The summed E-state index contributed by atoms with van der Waals surface area (Å²) in [6.07, 6.45) is -0.238. The lowest BCUT2D eigenvalue weighted by molar-refractivity contribution is -0.125. The Morgan fingerprint density at radius 1 is 1.65 bits per heavy atom. The van der Waals surface area contributed by atoms with Crippen LogP contribution >= 0.6 is 0 Å². The minimum absolute atomic E-state index is 0.0503. The highest BCUT2D eigenvalue weighted by molar-refractivity contribution is 5.77. The fourth-order valence-electron chi connectivity index (χ4n) is 2.24. The van der Waals surface area contributed by atoms with Crippen LogP contribution < -0.4 is 10.1 Å². The van der Waals surface area contributed by atoms with E-state index in [0.29, 0.717) is 24.2 Å². The van der Waals surface area contributed by atoms with Crippen molar-refractivity contribution in [2.45, 2.75) is 25.5 Å². The van der Waals surface area contributed by atoms with Gasteiger partial charge in [0.15, 0.2) is 11.6 Å². The summed E-state index contributed by atoms with van der Waals surface area (Å²) >= 11 is 0. The lowest BCUT2D eigenvalue weighted by Gasteiger charge is -2.28. The molecule has 0 saturated carbocycles. The van der Waals surface area contributed by atoms with Crippen LogP contribution in [0.25, 0.3) is 0 Å². The molecule has 20 heavy (non-hydrogen) atoms. The summed E-state index contributed by atoms with van der Waals surface area (Å²) in [4.78, 5) is 11.6. The molecule has 5 nitrogen and oxygen atoms in total. The smallest absolute Gasteiger partial charge is 0.246 e. The maximum absolute atomic E-state index is 14.0. The number of halogens is 1. The van der Waals surface area contributed by atoms with Crippen molar-refractivity contribution in [3.8, 4) is 5.75 Å². The van der Waals surface area contributed by atoms with Gasteiger partial charge in [-0.2, -0.15) is 0 Å². The molecule has 1 aromatic carbocycles. The van der Waals surface area contributed by atoms with Crippen LogP contribution in [0.1, 0.15) is 36.6 Å². The van der Waals surface area contributed by atoms with Crippen molar-refractivity contribution < 1.29 is 23.8 Å². The van der Waals surface area contributed by atoms with Gasteiger partial charge in [0.05, 0.1) is 18.8 Å². The Morgan fingerprint density at radius 2 is 2.40 bits per heavy atom. The van der Waals surface area contributed by atoms with Gasteiger partial charge in [-0.05, 0) is 24.6 Å². The van der Waals surface area contributed by atoms with Crippen LogP contribution in [0, 0.1) is 5.82 Å². The summed E-state index contributed by atoms with van der Waals surface area (Å²) < 4.78 is 24.1. The first-order valence-electron chi connectivity index (χ1n) is 6.45. The van der Waals surface area contributed by atoms with Gasteiger partial charge >= 0.3 is 0 Å². The van der Waals surface area contributed by atoms with Crippen molar-refractivity contribution >= 4 is 5.91 Å². The van der Waals surface area contributed by atoms with E-state index in [2.05, 4.69) is 5.32 Å². The first kappa shape index (κ1) is 14.7. The summed E-state index contributed by atoms with van der Waals surface area (Å²) in [5, 5.41) is 12.4. The number of aliphatic hydroxyl groups excluding tert-OH is 1. The molecule has 6 heteroatoms. The van der Waals surface area contributed by atoms with Gasteiger partial charge in [-0.3, -0.25) is 4.79 Å². The molecule has 1 aliphatic rings. The number of fused-ring (bicyclic) bond motifs is 1. The molecule has 0 bridgehead atoms. The Bertz CT molecular complexity index is 504. The fraction of sp³-hybridized carbons (Fsp3) is 0.500. The second-order valence-electron chi connectivity index (χ2n) is 4.79. The summed E-state index contributed by atoms with van der Waals surface area (Å²) in [7, 11) is 1.43. The Hall–Kier alpha value is -1.66. The normalized spacial score (nSPS) is 18.9. The number of amides is 1. The molecule has 1 amide bonds. The summed E-state index contributed by atoms with van der Waals surface area (Å²) in [6.45, 7) is 1.84. The van der Waals surface area contributed by atoms with Crippen molar-refractivity contribution in [1.29, 1.82) is 0 Å². The maximum atomic E-state index is 14.0. The van der Waals surface area contributed by atoms with Crippen molar-refractivity contribution in [2.75, 3.05) is 20.3 Å². The summed E-state index contributed by atoms with van der Waals surface area (Å²) in [5.41, 5.74) is 1.01. The molecular formula is C14H18FNO4. The van der Waals surface area contributed by atoms with E-state index in [0.717, 1.165) is 0 Å². The van der Waals surface area contributed by atoms with E-state index in [-0.39, 0.29) is 24.3 Å². The molecule has 1 aliphatic heterocycles. The Balaban J connectivity index is 2.31. The predicted octanol–water partition coefficient (Wildman–Crippen LogP) is 1.47. The van der Waals surface area contributed by atoms with Crippen molar-refractivity contribution in [3.05, 3.63) is 29.1 Å². The minimum Gasteiger partial charge on any atom is -0.490 e. The molecule has 0 saturated heterocycles. The average molecular weight is 283 g/mol. The van der Waals surface area contributed by atoms with Gasteiger partial charge in [0.25, 0.3) is 0 Å². The first-order valence-corrected chi connectivity index (χ1v) is 6.45. The molecule has 0 spiro atoms. The van der Waals surface area contributed by atoms with E-state index in [1.807, 2.05) is 0 Å². The van der Waals surface area contributed by atoms with Crippen LogP contribution in [0.5, 0.6) is 5.75 Å². The minimum atomic E-state index is -0.785. The number of rotatable bonds is 4. The number of benzene rings is 1. The molecule has 2 unspecified atom stereocenters. The van der Waals surface area contributed by atoms with Gasteiger partial charge in [-0.25, -0.2) is 4.39 Å². The highest BCUT2D eigenvalue weighted by atomic mass is 19.1. The average Bonchev–Trinajstić information content (AvgIpc) is 2.39. The molecule has 2 rings (SSSR count). The van der Waals surface area contributed by atoms with E-state index in [9.17, 15) is 14.3 Å². The fourth-order valence-corrected chi connectivity index (χ4v) is 2.24. The lowest BCUT2D eigenvalue weighted by Crippen LogP contribution is -2.34. The SMILES string of the molecule is COCC(=O)NC1CCOc2c(F)cc(C(C)O)cc21. The predicted molar refractivity (Wildman–Crippen MR) is 69.9 cm³/mol. The topological polar surface area (TPSA) is 67.8 Å². The number of nitrogens with one attached hydrogen (secondary N) is 1. The molecular weight excluding hydrogens is 265 g/mol. The number of methoxy groups -OCH3 is 1. The van der Waals surface area contributed by atoms with Crippen molar-refractivity contribution in [3.63, 3.8) is 0 Å². The molecule has 1 heterocycles. The number of hydrogen-bond donors (Lipinski definition) is 2. The second kappa shape index (κ2) is 6.19. The summed E-state index contributed by atoms with van der Waals surface area (Å²) in [5.74, 6) is -0.652. The lowest BCUT2D eigenvalue weighted by atomic mass is 9.96. The van der Waals surface area contributed by atoms with Crippen LogP contribution in [-0.4, -0.2) is 31.3 Å². The number of aliphatic hydroxyl groups is 1. The molecule has 0 fully saturated rings. The van der Waals surface area contributed by atoms with Crippen LogP contribution in [0.4, 0.5) is 4.39 Å². The molecule has 0 aromatic heterocycles. The van der Waals surface area contributed by atoms with E-state index < -0.39 is 11.9 Å². The molecule has 110 valence electrons. The highest BCUT2D eigenvalue weighted by Gasteiger charge is 2.26. The van der Waals surface area contributed by atoms with Crippen molar-refractivity contribution in [1.82, 2.24) is 5.32 Å². The van der Waals surface area contributed by atoms with Gasteiger partial charge in [0, 0.05) is 19.1 Å². The number of hydrogen-bond acceptors (Lipinski definition) is 4. The zero-order valence-corrected chi connectivity index (χ0v) is 11.5. The summed E-state index contributed by atoms with van der Waals surface area (Å²) in [6, 6.07) is 2.58. The Morgan fingerprint density at radius 3 is 3.05 bits per heavy atom. The van der Waals surface area contributed by atoms with Gasteiger partial charge in [0.1, 0.15) is 6.61 Å². The number of ether oxygens (including phenoxy) is 2. The van der Waals surface area contributed by atoms with Crippen LogP contribution in [-0.2, 0) is 9.53 Å².